The Kier molecular flexibility index (Phi) is 5.05. The van der Waals surface area contributed by atoms with Crippen molar-refractivity contribution in [3.63, 3.8) is 0 Å². The smallest absolute Gasteiger partial charge is 0.259 e. The minimum Gasteiger partial charge on any atom is -0.496 e. The Morgan fingerprint density at radius 1 is 1.11 bits per heavy atom. The second-order valence-corrected chi connectivity index (χ2v) is 6.71. The third kappa shape index (κ3) is 3.46. The summed E-state index contributed by atoms with van der Waals surface area (Å²) >= 11 is 0. The van der Waals surface area contributed by atoms with E-state index in [0.29, 0.717) is 17.7 Å². The van der Waals surface area contributed by atoms with Crippen molar-refractivity contribution in [2.24, 2.45) is 7.05 Å². The van der Waals surface area contributed by atoms with Crippen LogP contribution in [0.3, 0.4) is 0 Å². The lowest BCUT2D eigenvalue weighted by Gasteiger charge is -2.19. The first-order valence-electron chi connectivity index (χ1n) is 8.50. The number of benzene rings is 1. The van der Waals surface area contributed by atoms with Crippen LogP contribution in [-0.4, -0.2) is 42.8 Å². The van der Waals surface area contributed by atoms with Gasteiger partial charge >= 0.3 is 0 Å². The standard InChI is InChI=1S/C20H24N4O3/c1-23(2)10-16-17(26-4)6-12(7-18(16)27-5)15-11-24(3)20(25)14-9-22-19(21)8-13(14)15/h6-9,11H,10H2,1-5H3,(H2,21,22). The normalized spacial score (nSPS) is 11.2. The number of methoxy groups -OCH3 is 2. The van der Waals surface area contributed by atoms with E-state index in [2.05, 4.69) is 4.98 Å². The largest absolute Gasteiger partial charge is 0.496 e. The fourth-order valence-corrected chi connectivity index (χ4v) is 3.22. The molecule has 0 bridgehead atoms. The maximum absolute atomic E-state index is 12.5. The van der Waals surface area contributed by atoms with Crippen molar-refractivity contribution in [1.82, 2.24) is 14.5 Å². The molecule has 0 aliphatic carbocycles. The Morgan fingerprint density at radius 3 is 2.30 bits per heavy atom. The molecule has 2 aromatic heterocycles. The molecule has 2 N–H and O–H groups in total. The molecular formula is C20H24N4O3. The molecule has 0 saturated carbocycles. The van der Waals surface area contributed by atoms with Crippen molar-refractivity contribution >= 4 is 16.6 Å². The average Bonchev–Trinajstić information content (AvgIpc) is 2.64. The molecule has 3 rings (SSSR count). The predicted octanol–water partition coefficient (Wildman–Crippen LogP) is 2.26. The zero-order chi connectivity index (χ0) is 19.7. The van der Waals surface area contributed by atoms with Gasteiger partial charge in [0.1, 0.15) is 17.3 Å². The Balaban J connectivity index is 2.33. The zero-order valence-electron chi connectivity index (χ0n) is 16.2. The van der Waals surface area contributed by atoms with Crippen LogP contribution in [0.1, 0.15) is 5.56 Å². The summed E-state index contributed by atoms with van der Waals surface area (Å²) in [5, 5.41) is 1.26. The van der Waals surface area contributed by atoms with Gasteiger partial charge in [0.25, 0.3) is 5.56 Å². The van der Waals surface area contributed by atoms with Crippen LogP contribution in [0, 0.1) is 0 Å². The Bertz CT molecular complexity index is 1030. The summed E-state index contributed by atoms with van der Waals surface area (Å²) in [6.45, 7) is 0.678. The molecule has 2 heterocycles. The van der Waals surface area contributed by atoms with E-state index in [4.69, 9.17) is 15.2 Å². The van der Waals surface area contributed by atoms with Gasteiger partial charge in [0.05, 0.1) is 25.2 Å². The van der Waals surface area contributed by atoms with E-state index < -0.39 is 0 Å². The predicted molar refractivity (Wildman–Crippen MR) is 107 cm³/mol. The number of fused-ring (bicyclic) bond motifs is 1. The highest BCUT2D eigenvalue weighted by atomic mass is 16.5. The van der Waals surface area contributed by atoms with Gasteiger partial charge in [-0.25, -0.2) is 4.98 Å². The highest BCUT2D eigenvalue weighted by molar-refractivity contribution is 5.97. The van der Waals surface area contributed by atoms with Crippen LogP contribution >= 0.6 is 0 Å². The zero-order valence-corrected chi connectivity index (χ0v) is 16.2. The summed E-state index contributed by atoms with van der Waals surface area (Å²) in [5.74, 6) is 1.81. The van der Waals surface area contributed by atoms with Crippen LogP contribution < -0.4 is 20.8 Å². The quantitative estimate of drug-likeness (QED) is 0.744. The Morgan fingerprint density at radius 2 is 1.74 bits per heavy atom. The number of aromatic nitrogens is 2. The van der Waals surface area contributed by atoms with Crippen LogP contribution in [-0.2, 0) is 13.6 Å². The number of rotatable bonds is 5. The van der Waals surface area contributed by atoms with Gasteiger partial charge in [-0.2, -0.15) is 0 Å². The molecular weight excluding hydrogens is 344 g/mol. The molecule has 0 saturated heterocycles. The minimum absolute atomic E-state index is 0.121. The second kappa shape index (κ2) is 7.28. The molecule has 0 spiro atoms. The SMILES string of the molecule is COc1cc(-c2cn(C)c(=O)c3cnc(N)cc23)cc(OC)c1CN(C)C. The summed E-state index contributed by atoms with van der Waals surface area (Å²) in [6.07, 6.45) is 3.31. The molecule has 142 valence electrons. The van der Waals surface area contributed by atoms with E-state index >= 15 is 0 Å². The second-order valence-electron chi connectivity index (χ2n) is 6.71. The number of pyridine rings is 2. The first-order valence-corrected chi connectivity index (χ1v) is 8.50. The first-order chi connectivity index (χ1) is 12.8. The van der Waals surface area contributed by atoms with Crippen molar-refractivity contribution in [3.8, 4) is 22.6 Å². The molecule has 27 heavy (non-hydrogen) atoms. The molecule has 0 fully saturated rings. The van der Waals surface area contributed by atoms with E-state index in [0.717, 1.165) is 33.6 Å². The van der Waals surface area contributed by atoms with Crippen LogP contribution in [0.5, 0.6) is 11.5 Å². The van der Waals surface area contributed by atoms with E-state index in [1.807, 2.05) is 31.1 Å². The fourth-order valence-electron chi connectivity index (χ4n) is 3.22. The third-order valence-corrected chi connectivity index (χ3v) is 4.48. The summed E-state index contributed by atoms with van der Waals surface area (Å²) in [7, 11) is 8.97. The van der Waals surface area contributed by atoms with Crippen molar-refractivity contribution in [2.75, 3.05) is 34.0 Å². The topological polar surface area (TPSA) is 82.6 Å². The number of nitrogens with zero attached hydrogens (tertiary/aromatic N) is 3. The highest BCUT2D eigenvalue weighted by Crippen LogP contribution is 2.37. The van der Waals surface area contributed by atoms with Gasteiger partial charge < -0.3 is 24.7 Å². The minimum atomic E-state index is -0.121. The van der Waals surface area contributed by atoms with Gasteiger partial charge in [-0.15, -0.1) is 0 Å². The number of nitrogens with two attached hydrogens (primary N) is 1. The van der Waals surface area contributed by atoms with Gasteiger partial charge in [-0.3, -0.25) is 4.79 Å². The number of ether oxygens (including phenoxy) is 2. The molecule has 0 unspecified atom stereocenters. The summed E-state index contributed by atoms with van der Waals surface area (Å²) in [4.78, 5) is 18.6. The lowest BCUT2D eigenvalue weighted by atomic mass is 9.98. The van der Waals surface area contributed by atoms with Crippen molar-refractivity contribution in [1.29, 1.82) is 0 Å². The third-order valence-electron chi connectivity index (χ3n) is 4.48. The number of hydrogen-bond donors (Lipinski definition) is 1. The maximum atomic E-state index is 12.5. The van der Waals surface area contributed by atoms with Gasteiger partial charge in [-0.05, 0) is 37.9 Å². The van der Waals surface area contributed by atoms with Gasteiger partial charge in [0, 0.05) is 36.9 Å². The van der Waals surface area contributed by atoms with Crippen molar-refractivity contribution < 1.29 is 9.47 Å². The maximum Gasteiger partial charge on any atom is 0.259 e. The molecule has 0 amide bonds. The summed E-state index contributed by atoms with van der Waals surface area (Å²) in [5.41, 5.74) is 8.44. The molecule has 1 aromatic carbocycles. The van der Waals surface area contributed by atoms with Gasteiger partial charge in [0.2, 0.25) is 0 Å². The van der Waals surface area contributed by atoms with Gasteiger partial charge in [0.15, 0.2) is 0 Å². The van der Waals surface area contributed by atoms with Gasteiger partial charge in [-0.1, -0.05) is 0 Å². The summed E-state index contributed by atoms with van der Waals surface area (Å²) in [6, 6.07) is 5.63. The fraction of sp³-hybridized carbons (Fsp3) is 0.300. The van der Waals surface area contributed by atoms with Crippen LogP contribution in [0.15, 0.2) is 35.4 Å². The lowest BCUT2D eigenvalue weighted by molar-refractivity contribution is 0.349. The Hall–Kier alpha value is -3.06. The molecule has 0 radical (unpaired) electrons. The van der Waals surface area contributed by atoms with Crippen LogP contribution in [0.25, 0.3) is 21.9 Å². The number of aryl methyl sites for hydroxylation is 1. The van der Waals surface area contributed by atoms with E-state index in [1.165, 1.54) is 6.20 Å². The highest BCUT2D eigenvalue weighted by Gasteiger charge is 2.17. The number of nitrogen functional groups attached to an aromatic ring is 1. The molecule has 3 aromatic rings. The average molecular weight is 368 g/mol. The van der Waals surface area contributed by atoms with E-state index in [9.17, 15) is 4.79 Å². The molecule has 0 aliphatic heterocycles. The molecule has 0 aliphatic rings. The summed E-state index contributed by atoms with van der Waals surface area (Å²) < 4.78 is 12.8. The van der Waals surface area contributed by atoms with Crippen molar-refractivity contribution in [2.45, 2.75) is 6.54 Å². The van der Waals surface area contributed by atoms with Crippen LogP contribution in [0.4, 0.5) is 5.82 Å². The monoisotopic (exact) mass is 368 g/mol. The van der Waals surface area contributed by atoms with Crippen molar-refractivity contribution in [3.05, 3.63) is 46.5 Å². The van der Waals surface area contributed by atoms with Crippen LogP contribution in [0.2, 0.25) is 0 Å². The number of hydrogen-bond acceptors (Lipinski definition) is 6. The number of anilines is 1. The van der Waals surface area contributed by atoms with E-state index in [-0.39, 0.29) is 5.56 Å². The lowest BCUT2D eigenvalue weighted by Crippen LogP contribution is -2.17. The molecule has 0 atom stereocenters. The first kappa shape index (κ1) is 18.7. The molecule has 7 nitrogen and oxygen atoms in total. The Labute approximate surface area is 157 Å². The molecule has 7 heteroatoms. The van der Waals surface area contributed by atoms with E-state index in [1.54, 1.807) is 38.1 Å².